The van der Waals surface area contributed by atoms with Crippen molar-refractivity contribution in [2.45, 2.75) is 96.9 Å². The van der Waals surface area contributed by atoms with Crippen LogP contribution in [0.25, 0.3) is 0 Å². The van der Waals surface area contributed by atoms with Crippen LogP contribution in [-0.4, -0.2) is 60.9 Å². The average molecular weight is 574 g/mol. The number of ether oxygens (including phenoxy) is 3. The van der Waals surface area contributed by atoms with Crippen LogP contribution < -0.4 is 19.5 Å². The molecule has 4 aliphatic carbocycles. The summed E-state index contributed by atoms with van der Waals surface area (Å²) in [4.78, 5) is 13.0. The maximum absolute atomic E-state index is 13.0. The second kappa shape index (κ2) is 11.6. The van der Waals surface area contributed by atoms with Crippen molar-refractivity contribution in [2.24, 2.45) is 46.3 Å². The number of nitrogens with one attached hydrogen (secondary N) is 1. The zero-order valence-corrected chi connectivity index (χ0v) is 25.7. The van der Waals surface area contributed by atoms with Gasteiger partial charge in [-0.1, -0.05) is 20.8 Å². The number of hydrogen-bond acceptors (Lipinski definition) is 7. The molecular formula is C33H51NO7. The third kappa shape index (κ3) is 5.12. The Morgan fingerprint density at radius 1 is 0.976 bits per heavy atom. The maximum Gasteiger partial charge on any atom is 0.224 e. The first kappa shape index (κ1) is 30.4. The molecule has 4 N–H and O–H groups in total. The van der Waals surface area contributed by atoms with E-state index in [0.29, 0.717) is 41.2 Å². The molecule has 5 rings (SSSR count). The van der Waals surface area contributed by atoms with Crippen LogP contribution in [0.4, 0.5) is 5.69 Å². The molecule has 11 atom stereocenters. The number of methoxy groups -OCH3 is 3. The monoisotopic (exact) mass is 573 g/mol. The minimum Gasteiger partial charge on any atom is -0.493 e. The van der Waals surface area contributed by atoms with E-state index in [9.17, 15) is 20.1 Å². The third-order valence-electron chi connectivity index (χ3n) is 12.3. The van der Waals surface area contributed by atoms with Crippen molar-refractivity contribution < 1.29 is 34.3 Å². The minimum absolute atomic E-state index is 0.0695. The first-order valence-corrected chi connectivity index (χ1v) is 15.6. The molecule has 8 nitrogen and oxygen atoms in total. The Balaban J connectivity index is 1.26. The molecule has 0 unspecified atom stereocenters. The van der Waals surface area contributed by atoms with E-state index in [1.54, 1.807) is 33.5 Å². The number of carbonyl (C=O) groups excluding carboxylic acids is 1. The summed E-state index contributed by atoms with van der Waals surface area (Å²) in [5, 5.41) is 36.6. The fraction of sp³-hybridized carbons (Fsp3) is 0.788. The lowest BCUT2D eigenvalue weighted by molar-refractivity contribution is -0.207. The Kier molecular flexibility index (Phi) is 8.59. The van der Waals surface area contributed by atoms with Crippen molar-refractivity contribution >= 4 is 11.6 Å². The van der Waals surface area contributed by atoms with E-state index < -0.39 is 6.10 Å². The Bertz CT molecular complexity index is 1090. The number of benzene rings is 1. The van der Waals surface area contributed by atoms with Crippen LogP contribution in [0.15, 0.2) is 12.1 Å². The Labute approximate surface area is 245 Å². The highest BCUT2D eigenvalue weighted by Gasteiger charge is 2.65. The second-order valence-electron chi connectivity index (χ2n) is 14.0. The van der Waals surface area contributed by atoms with Gasteiger partial charge in [-0.05, 0) is 97.7 Å². The lowest BCUT2D eigenvalue weighted by Gasteiger charge is -2.63. The van der Waals surface area contributed by atoms with Crippen LogP contribution >= 0.6 is 0 Å². The van der Waals surface area contributed by atoms with E-state index in [1.165, 1.54) is 0 Å². The van der Waals surface area contributed by atoms with Gasteiger partial charge in [0, 0.05) is 24.2 Å². The third-order valence-corrected chi connectivity index (χ3v) is 12.3. The highest BCUT2D eigenvalue weighted by atomic mass is 16.5. The molecule has 0 bridgehead atoms. The molecule has 230 valence electrons. The fourth-order valence-corrected chi connectivity index (χ4v) is 10.1. The van der Waals surface area contributed by atoms with Crippen molar-refractivity contribution in [3.8, 4) is 17.2 Å². The fourth-order valence-electron chi connectivity index (χ4n) is 10.1. The predicted octanol–water partition coefficient (Wildman–Crippen LogP) is 5.03. The van der Waals surface area contributed by atoms with Gasteiger partial charge in [-0.2, -0.15) is 0 Å². The van der Waals surface area contributed by atoms with Crippen LogP contribution in [0.3, 0.4) is 0 Å². The minimum atomic E-state index is -0.425. The van der Waals surface area contributed by atoms with Crippen LogP contribution in [0.5, 0.6) is 17.2 Å². The number of aliphatic hydroxyl groups excluding tert-OH is 3. The number of aliphatic hydroxyl groups is 3. The zero-order chi connectivity index (χ0) is 29.7. The van der Waals surface area contributed by atoms with Gasteiger partial charge in [0.25, 0.3) is 0 Å². The maximum atomic E-state index is 13.0. The van der Waals surface area contributed by atoms with Gasteiger partial charge in [-0.15, -0.1) is 0 Å². The number of anilines is 1. The van der Waals surface area contributed by atoms with Crippen molar-refractivity contribution in [1.29, 1.82) is 0 Å². The number of rotatable bonds is 8. The summed E-state index contributed by atoms with van der Waals surface area (Å²) in [7, 11) is 4.64. The molecule has 0 aromatic heterocycles. The molecule has 4 saturated carbocycles. The lowest BCUT2D eigenvalue weighted by Crippen LogP contribution is -2.62. The van der Waals surface area contributed by atoms with Crippen molar-refractivity contribution in [1.82, 2.24) is 0 Å². The lowest BCUT2D eigenvalue weighted by atomic mass is 9.43. The van der Waals surface area contributed by atoms with Crippen LogP contribution in [0.1, 0.15) is 78.6 Å². The summed E-state index contributed by atoms with van der Waals surface area (Å²) >= 11 is 0. The molecule has 4 fully saturated rings. The van der Waals surface area contributed by atoms with Gasteiger partial charge in [-0.3, -0.25) is 4.79 Å². The van der Waals surface area contributed by atoms with E-state index in [-0.39, 0.29) is 52.6 Å². The summed E-state index contributed by atoms with van der Waals surface area (Å²) in [6, 6.07) is 3.46. The summed E-state index contributed by atoms with van der Waals surface area (Å²) in [6.07, 6.45) is 6.12. The summed E-state index contributed by atoms with van der Waals surface area (Å²) < 4.78 is 16.2. The van der Waals surface area contributed by atoms with Gasteiger partial charge in [0.15, 0.2) is 11.5 Å². The summed E-state index contributed by atoms with van der Waals surface area (Å²) in [5.74, 6) is 3.01. The van der Waals surface area contributed by atoms with Crippen LogP contribution in [0, 0.1) is 46.3 Å². The van der Waals surface area contributed by atoms with Crippen LogP contribution in [0.2, 0.25) is 0 Å². The van der Waals surface area contributed by atoms with E-state index >= 15 is 0 Å². The number of carbonyl (C=O) groups is 1. The first-order chi connectivity index (χ1) is 19.5. The molecule has 1 aromatic carbocycles. The highest BCUT2D eigenvalue weighted by Crippen LogP contribution is 2.68. The van der Waals surface area contributed by atoms with Crippen LogP contribution in [-0.2, 0) is 4.79 Å². The molecule has 0 aliphatic heterocycles. The number of hydrogen-bond donors (Lipinski definition) is 4. The van der Waals surface area contributed by atoms with Crippen molar-refractivity contribution in [2.75, 3.05) is 26.6 Å². The number of fused-ring (bicyclic) bond motifs is 5. The average Bonchev–Trinajstić information content (AvgIpc) is 3.31. The smallest absolute Gasteiger partial charge is 0.224 e. The second-order valence-corrected chi connectivity index (χ2v) is 14.0. The number of amides is 1. The molecular weight excluding hydrogens is 522 g/mol. The SMILES string of the molecule is COc1cc(NC(=O)CC[C@@H](C)[C@@H]2CC[C@@H]3[C@@H]4[C@H](O)C[C@H]5C[C@H](O)CC[C@]5(C)[C@@H]4C[C@H](O)[C@@]32C)cc(OC)c1OC. The van der Waals surface area contributed by atoms with Gasteiger partial charge in [0.1, 0.15) is 0 Å². The van der Waals surface area contributed by atoms with Gasteiger partial charge >= 0.3 is 0 Å². The molecule has 0 heterocycles. The summed E-state index contributed by atoms with van der Waals surface area (Å²) in [5.41, 5.74) is 0.388. The van der Waals surface area contributed by atoms with Gasteiger partial charge in [-0.25, -0.2) is 0 Å². The van der Waals surface area contributed by atoms with Gasteiger partial charge in [0.05, 0.1) is 39.6 Å². The standard InChI is InChI=1S/C33H51NO7/c1-18(7-10-29(38)34-20-15-26(39-4)31(41-6)27(16-20)40-5)22-8-9-23-30-24(17-28(37)33(22,23)3)32(2)12-11-21(35)13-19(32)14-25(30)36/h15-16,18-19,21-25,28,30,35-37H,7-14,17H2,1-6H3,(H,34,38)/t18-,19-,21-,22+,23-,24-,25-,28+,30+,32+,33-/m1/s1. The summed E-state index contributed by atoms with van der Waals surface area (Å²) in [6.45, 7) is 6.85. The van der Waals surface area contributed by atoms with E-state index in [1.807, 2.05) is 0 Å². The highest BCUT2D eigenvalue weighted by molar-refractivity contribution is 5.91. The molecule has 4 aliphatic rings. The first-order valence-electron chi connectivity index (χ1n) is 15.6. The topological polar surface area (TPSA) is 117 Å². The Hall–Kier alpha value is -2.03. The normalized spacial score (nSPS) is 40.5. The largest absolute Gasteiger partial charge is 0.493 e. The van der Waals surface area contributed by atoms with E-state index in [0.717, 1.165) is 51.4 Å². The van der Waals surface area contributed by atoms with Gasteiger partial charge < -0.3 is 34.8 Å². The molecule has 8 heteroatoms. The molecule has 1 aromatic rings. The Morgan fingerprint density at radius 2 is 1.66 bits per heavy atom. The van der Waals surface area contributed by atoms with Gasteiger partial charge in [0.2, 0.25) is 11.7 Å². The quantitative estimate of drug-likeness (QED) is 0.345. The van der Waals surface area contributed by atoms with E-state index in [2.05, 4.69) is 26.1 Å². The van der Waals surface area contributed by atoms with E-state index in [4.69, 9.17) is 14.2 Å². The molecule has 0 saturated heterocycles. The molecule has 41 heavy (non-hydrogen) atoms. The molecule has 1 amide bonds. The molecule has 0 spiro atoms. The Morgan fingerprint density at radius 3 is 2.29 bits per heavy atom. The molecule has 0 radical (unpaired) electrons. The predicted molar refractivity (Wildman–Crippen MR) is 157 cm³/mol. The zero-order valence-electron chi connectivity index (χ0n) is 25.7. The van der Waals surface area contributed by atoms with Crippen molar-refractivity contribution in [3.63, 3.8) is 0 Å². The van der Waals surface area contributed by atoms with Crippen molar-refractivity contribution in [3.05, 3.63) is 12.1 Å².